The summed E-state index contributed by atoms with van der Waals surface area (Å²) in [6, 6.07) is 15.4. The van der Waals surface area contributed by atoms with E-state index in [0.717, 1.165) is 23.0 Å². The number of hydrogen-bond acceptors (Lipinski definition) is 4. The zero-order chi connectivity index (χ0) is 19.4. The number of nitro groups is 1. The second-order valence-corrected chi connectivity index (χ2v) is 5.79. The highest BCUT2D eigenvalue weighted by atomic mass is 16.6. The summed E-state index contributed by atoms with van der Waals surface area (Å²) >= 11 is 0. The molecule has 1 N–H and O–H groups in total. The second kappa shape index (κ2) is 7.54. The summed E-state index contributed by atoms with van der Waals surface area (Å²) in [6.45, 7) is 2.75. The molecule has 1 amide bonds. The van der Waals surface area contributed by atoms with Crippen molar-refractivity contribution < 1.29 is 9.72 Å². The largest absolute Gasteiger partial charge is 0.347 e. The first-order valence-corrected chi connectivity index (χ1v) is 8.29. The van der Waals surface area contributed by atoms with Gasteiger partial charge in [0.05, 0.1) is 4.92 Å². The fraction of sp³-hybridized carbons (Fsp3) is 0.100. The molecular formula is C20H16N4O3. The number of hydrogen-bond donors (Lipinski definition) is 1. The number of aryl methyl sites for hydroxylation is 1. The van der Waals surface area contributed by atoms with E-state index in [2.05, 4.69) is 5.32 Å². The average molecular weight is 360 g/mol. The molecule has 7 heteroatoms. The molecule has 0 atom stereocenters. The minimum absolute atomic E-state index is 0.0460. The number of aromatic nitrogens is 1. The van der Waals surface area contributed by atoms with Gasteiger partial charge in [0.15, 0.2) is 0 Å². The van der Waals surface area contributed by atoms with Gasteiger partial charge in [-0.05, 0) is 25.1 Å². The van der Waals surface area contributed by atoms with E-state index >= 15 is 0 Å². The van der Waals surface area contributed by atoms with E-state index in [4.69, 9.17) is 0 Å². The molecule has 0 unspecified atom stereocenters. The molecule has 0 spiro atoms. The summed E-state index contributed by atoms with van der Waals surface area (Å²) in [7, 11) is 0. The summed E-state index contributed by atoms with van der Waals surface area (Å²) in [5.41, 5.74) is 1.42. The van der Waals surface area contributed by atoms with Crippen molar-refractivity contribution in [3.8, 4) is 6.07 Å². The predicted molar refractivity (Wildman–Crippen MR) is 103 cm³/mol. The van der Waals surface area contributed by atoms with Gasteiger partial charge in [-0.25, -0.2) is 0 Å². The van der Waals surface area contributed by atoms with Gasteiger partial charge in [-0.3, -0.25) is 14.9 Å². The van der Waals surface area contributed by atoms with Crippen LogP contribution in [0.1, 0.15) is 12.5 Å². The summed E-state index contributed by atoms with van der Waals surface area (Å²) in [5.74, 6) is -0.694. The average Bonchev–Trinajstić information content (AvgIpc) is 3.04. The first-order valence-electron chi connectivity index (χ1n) is 8.29. The van der Waals surface area contributed by atoms with Crippen LogP contribution >= 0.6 is 0 Å². The number of nitrogens with zero attached hydrogens (tertiary/aromatic N) is 3. The number of nitro benzene ring substituents is 1. The third kappa shape index (κ3) is 3.55. The molecule has 1 heterocycles. The molecule has 134 valence electrons. The molecule has 0 aliphatic heterocycles. The van der Waals surface area contributed by atoms with Gasteiger partial charge < -0.3 is 9.88 Å². The molecule has 0 fully saturated rings. The Morgan fingerprint density at radius 3 is 2.67 bits per heavy atom. The highest BCUT2D eigenvalue weighted by Crippen LogP contribution is 2.26. The van der Waals surface area contributed by atoms with E-state index in [-0.39, 0.29) is 16.9 Å². The Morgan fingerprint density at radius 2 is 1.96 bits per heavy atom. The van der Waals surface area contributed by atoms with E-state index in [0.29, 0.717) is 0 Å². The zero-order valence-electron chi connectivity index (χ0n) is 14.5. The highest BCUT2D eigenvalue weighted by Gasteiger charge is 2.18. The molecule has 0 bridgehead atoms. The van der Waals surface area contributed by atoms with Crippen LogP contribution in [0.2, 0.25) is 0 Å². The van der Waals surface area contributed by atoms with Crippen LogP contribution in [0.3, 0.4) is 0 Å². The van der Waals surface area contributed by atoms with Crippen LogP contribution in [0.15, 0.2) is 60.3 Å². The lowest BCUT2D eigenvalue weighted by atomic mass is 10.1. The molecule has 3 rings (SSSR count). The van der Waals surface area contributed by atoms with E-state index < -0.39 is 10.8 Å². The number of nitrogens with one attached hydrogen (secondary N) is 1. The Hall–Kier alpha value is -3.92. The number of fused-ring (bicyclic) bond motifs is 1. The third-order valence-electron chi connectivity index (χ3n) is 4.17. The smallest absolute Gasteiger partial charge is 0.292 e. The number of benzene rings is 2. The zero-order valence-corrected chi connectivity index (χ0v) is 14.5. The van der Waals surface area contributed by atoms with Crippen LogP contribution in [-0.2, 0) is 11.3 Å². The van der Waals surface area contributed by atoms with Crippen molar-refractivity contribution in [2.24, 2.45) is 0 Å². The molecular weight excluding hydrogens is 344 g/mol. The Labute approximate surface area is 155 Å². The van der Waals surface area contributed by atoms with Crippen molar-refractivity contribution in [2.45, 2.75) is 13.5 Å². The van der Waals surface area contributed by atoms with Crippen LogP contribution in [-0.4, -0.2) is 15.4 Å². The van der Waals surface area contributed by atoms with Crippen molar-refractivity contribution in [3.63, 3.8) is 0 Å². The minimum Gasteiger partial charge on any atom is -0.347 e. The molecule has 1 aromatic heterocycles. The summed E-state index contributed by atoms with van der Waals surface area (Å²) in [5, 5.41) is 23.9. The van der Waals surface area contributed by atoms with Gasteiger partial charge in [-0.15, -0.1) is 0 Å². The van der Waals surface area contributed by atoms with E-state index in [9.17, 15) is 20.2 Å². The normalized spacial score (nSPS) is 11.2. The lowest BCUT2D eigenvalue weighted by Gasteiger charge is -2.04. The summed E-state index contributed by atoms with van der Waals surface area (Å²) < 4.78 is 2.02. The highest BCUT2D eigenvalue weighted by molar-refractivity contribution is 6.11. The number of para-hydroxylation sites is 3. The number of rotatable bonds is 5. The quantitative estimate of drug-likeness (QED) is 0.320. The van der Waals surface area contributed by atoms with E-state index in [1.54, 1.807) is 6.07 Å². The minimum atomic E-state index is -0.694. The van der Waals surface area contributed by atoms with E-state index in [1.807, 2.05) is 48.0 Å². The van der Waals surface area contributed by atoms with Crippen LogP contribution in [0.4, 0.5) is 11.4 Å². The van der Waals surface area contributed by atoms with Crippen molar-refractivity contribution in [1.82, 2.24) is 4.57 Å². The lowest BCUT2D eigenvalue weighted by molar-refractivity contribution is -0.383. The van der Waals surface area contributed by atoms with Gasteiger partial charge in [0.2, 0.25) is 0 Å². The standard InChI is InChI=1S/C20H16N4O3/c1-2-23-13-15(16-7-3-5-9-18(16)23)11-14(12-21)20(25)22-17-8-4-6-10-19(17)24(26)27/h3-11,13H,2H2,1H3,(H,22,25). The van der Waals surface area contributed by atoms with Gasteiger partial charge in [0, 0.05) is 35.3 Å². The van der Waals surface area contributed by atoms with Crippen molar-refractivity contribution >= 4 is 34.3 Å². The van der Waals surface area contributed by atoms with Gasteiger partial charge in [-0.1, -0.05) is 30.3 Å². The predicted octanol–water partition coefficient (Wildman–Crippen LogP) is 4.12. The van der Waals surface area contributed by atoms with Gasteiger partial charge in [-0.2, -0.15) is 5.26 Å². The van der Waals surface area contributed by atoms with Crippen LogP contribution < -0.4 is 5.32 Å². The fourth-order valence-corrected chi connectivity index (χ4v) is 2.88. The summed E-state index contributed by atoms with van der Waals surface area (Å²) in [4.78, 5) is 23.0. The Bertz CT molecular complexity index is 1110. The first-order chi connectivity index (χ1) is 13.0. The van der Waals surface area contributed by atoms with Crippen molar-refractivity contribution in [3.05, 3.63) is 76.0 Å². The van der Waals surface area contributed by atoms with Crippen LogP contribution in [0.25, 0.3) is 17.0 Å². The Balaban J connectivity index is 1.98. The number of nitriles is 1. The molecule has 0 aliphatic rings. The van der Waals surface area contributed by atoms with Crippen molar-refractivity contribution in [1.29, 1.82) is 5.26 Å². The number of amides is 1. The Kier molecular flexibility index (Phi) is 4.99. The molecule has 0 saturated heterocycles. The second-order valence-electron chi connectivity index (χ2n) is 5.79. The van der Waals surface area contributed by atoms with E-state index in [1.165, 1.54) is 24.3 Å². The molecule has 7 nitrogen and oxygen atoms in total. The maximum atomic E-state index is 12.5. The third-order valence-corrected chi connectivity index (χ3v) is 4.17. The molecule has 2 aromatic carbocycles. The first kappa shape index (κ1) is 17.9. The molecule has 0 aliphatic carbocycles. The van der Waals surface area contributed by atoms with Gasteiger partial charge in [0.25, 0.3) is 11.6 Å². The lowest BCUT2D eigenvalue weighted by Crippen LogP contribution is -2.14. The van der Waals surface area contributed by atoms with Crippen LogP contribution in [0.5, 0.6) is 0 Å². The molecule has 3 aromatic rings. The maximum absolute atomic E-state index is 12.5. The Morgan fingerprint density at radius 1 is 1.26 bits per heavy atom. The number of carbonyl (C=O) groups excluding carboxylic acids is 1. The monoisotopic (exact) mass is 360 g/mol. The van der Waals surface area contributed by atoms with Crippen molar-refractivity contribution in [2.75, 3.05) is 5.32 Å². The summed E-state index contributed by atoms with van der Waals surface area (Å²) in [6.07, 6.45) is 3.37. The topological polar surface area (TPSA) is 101 Å². The molecule has 0 saturated carbocycles. The SMILES string of the molecule is CCn1cc(C=C(C#N)C(=O)Nc2ccccc2[N+](=O)[O-])c2ccccc21. The maximum Gasteiger partial charge on any atom is 0.292 e. The number of anilines is 1. The van der Waals surface area contributed by atoms with Crippen LogP contribution in [0, 0.1) is 21.4 Å². The number of carbonyl (C=O) groups is 1. The molecule has 0 radical (unpaired) electrons. The van der Waals surface area contributed by atoms with Gasteiger partial charge >= 0.3 is 0 Å². The fourth-order valence-electron chi connectivity index (χ4n) is 2.88. The molecule has 27 heavy (non-hydrogen) atoms. The van der Waals surface area contributed by atoms with Gasteiger partial charge in [0.1, 0.15) is 17.3 Å².